The summed E-state index contributed by atoms with van der Waals surface area (Å²) >= 11 is 0. The second kappa shape index (κ2) is 4.97. The predicted molar refractivity (Wildman–Crippen MR) is 53.2 cm³/mol. The van der Waals surface area contributed by atoms with E-state index in [1.165, 1.54) is 11.6 Å². The molecule has 1 heterocycles. The second-order valence-electron chi connectivity index (χ2n) is 2.84. The zero-order valence-corrected chi connectivity index (χ0v) is 8.23. The van der Waals surface area contributed by atoms with Gasteiger partial charge in [0, 0.05) is 6.54 Å². The zero-order chi connectivity index (χ0) is 9.68. The molecule has 2 heteroatoms. The number of benzene rings is 1. The Balaban J connectivity index is 0.000000396. The molecule has 1 N–H and O–H groups in total. The first-order valence-corrected chi connectivity index (χ1v) is 4.84. The number of rotatable bonds is 0. The average Bonchev–Trinajstić information content (AvgIpc) is 2.21. The largest absolute Gasteiger partial charge is 0.312 e. The molecule has 0 spiro atoms. The van der Waals surface area contributed by atoms with Crippen LogP contribution in [0.5, 0.6) is 0 Å². The molecule has 0 aliphatic carbocycles. The lowest BCUT2D eigenvalue weighted by atomic mass is 10.0. The fourth-order valence-corrected chi connectivity index (χ4v) is 1.45. The van der Waals surface area contributed by atoms with Crippen LogP contribution in [0, 0.1) is 5.82 Å². The van der Waals surface area contributed by atoms with Gasteiger partial charge in [-0.15, -0.1) is 0 Å². The Morgan fingerprint density at radius 2 is 2.00 bits per heavy atom. The molecule has 0 saturated heterocycles. The molecule has 1 aliphatic rings. The van der Waals surface area contributed by atoms with Crippen molar-refractivity contribution in [3.05, 3.63) is 35.1 Å². The maximum atomic E-state index is 12.7. The lowest BCUT2D eigenvalue weighted by Crippen LogP contribution is -2.23. The van der Waals surface area contributed by atoms with Gasteiger partial charge in [0.2, 0.25) is 0 Å². The van der Waals surface area contributed by atoms with Crippen LogP contribution < -0.4 is 5.32 Å². The summed E-state index contributed by atoms with van der Waals surface area (Å²) in [6, 6.07) is 5.01. The Labute approximate surface area is 79.0 Å². The molecule has 0 fully saturated rings. The number of hydrogen-bond donors (Lipinski definition) is 1. The number of nitrogens with one attached hydrogen (secondary N) is 1. The Morgan fingerprint density at radius 3 is 2.77 bits per heavy atom. The van der Waals surface area contributed by atoms with Gasteiger partial charge in [0.25, 0.3) is 0 Å². The van der Waals surface area contributed by atoms with E-state index in [4.69, 9.17) is 0 Å². The van der Waals surface area contributed by atoms with Gasteiger partial charge >= 0.3 is 0 Å². The van der Waals surface area contributed by atoms with Gasteiger partial charge in [-0.05, 0) is 36.2 Å². The van der Waals surface area contributed by atoms with E-state index in [1.807, 2.05) is 19.9 Å². The third-order valence-electron chi connectivity index (χ3n) is 2.05. The Kier molecular flexibility index (Phi) is 3.90. The van der Waals surface area contributed by atoms with Crippen LogP contribution in [0.1, 0.15) is 25.0 Å². The molecular formula is C11H16FN. The molecule has 0 radical (unpaired) electrons. The van der Waals surface area contributed by atoms with Crippen LogP contribution in [0.25, 0.3) is 0 Å². The van der Waals surface area contributed by atoms with Gasteiger partial charge in [-0.3, -0.25) is 0 Å². The SMILES string of the molecule is CC.Fc1ccc2c(c1)CCNC2. The highest BCUT2D eigenvalue weighted by molar-refractivity contribution is 5.29. The van der Waals surface area contributed by atoms with Gasteiger partial charge in [0.05, 0.1) is 0 Å². The van der Waals surface area contributed by atoms with E-state index in [0.29, 0.717) is 0 Å². The van der Waals surface area contributed by atoms with Crippen molar-refractivity contribution in [3.8, 4) is 0 Å². The van der Waals surface area contributed by atoms with Crippen molar-refractivity contribution in [3.63, 3.8) is 0 Å². The van der Waals surface area contributed by atoms with Crippen molar-refractivity contribution >= 4 is 0 Å². The third kappa shape index (κ3) is 2.52. The van der Waals surface area contributed by atoms with Crippen LogP contribution in [0.2, 0.25) is 0 Å². The smallest absolute Gasteiger partial charge is 0.123 e. The first-order valence-electron chi connectivity index (χ1n) is 4.84. The summed E-state index contributed by atoms with van der Waals surface area (Å²) in [5.41, 5.74) is 2.39. The summed E-state index contributed by atoms with van der Waals surface area (Å²) in [6.45, 7) is 5.85. The minimum Gasteiger partial charge on any atom is -0.312 e. The quantitative estimate of drug-likeness (QED) is 0.648. The zero-order valence-electron chi connectivity index (χ0n) is 8.23. The Hall–Kier alpha value is -0.890. The summed E-state index contributed by atoms with van der Waals surface area (Å²) in [7, 11) is 0. The predicted octanol–water partition coefficient (Wildman–Crippen LogP) is 2.50. The normalized spacial score (nSPS) is 14.1. The van der Waals surface area contributed by atoms with E-state index < -0.39 is 0 Å². The van der Waals surface area contributed by atoms with E-state index in [2.05, 4.69) is 5.32 Å². The first kappa shape index (κ1) is 10.2. The summed E-state index contributed by atoms with van der Waals surface area (Å²) in [4.78, 5) is 0. The molecule has 0 atom stereocenters. The molecule has 1 nitrogen and oxygen atoms in total. The van der Waals surface area contributed by atoms with Crippen molar-refractivity contribution in [1.29, 1.82) is 0 Å². The summed E-state index contributed by atoms with van der Waals surface area (Å²) in [5.74, 6) is -0.120. The lowest BCUT2D eigenvalue weighted by Gasteiger charge is -2.16. The van der Waals surface area contributed by atoms with E-state index >= 15 is 0 Å². The molecule has 0 aromatic heterocycles. The Morgan fingerprint density at radius 1 is 1.23 bits per heavy atom. The summed E-state index contributed by atoms with van der Waals surface area (Å²) in [5, 5.41) is 3.24. The molecule has 1 aromatic rings. The van der Waals surface area contributed by atoms with Gasteiger partial charge in [0.15, 0.2) is 0 Å². The van der Waals surface area contributed by atoms with Crippen LogP contribution in [0.15, 0.2) is 18.2 Å². The van der Waals surface area contributed by atoms with Crippen molar-refractivity contribution < 1.29 is 4.39 Å². The van der Waals surface area contributed by atoms with Crippen molar-refractivity contribution in [2.45, 2.75) is 26.8 Å². The molecule has 0 amide bonds. The highest BCUT2D eigenvalue weighted by Gasteiger charge is 2.07. The minimum absolute atomic E-state index is 0.120. The Bertz CT molecular complexity index is 271. The summed E-state index contributed by atoms with van der Waals surface area (Å²) in [6.07, 6.45) is 0.951. The van der Waals surface area contributed by atoms with Crippen molar-refractivity contribution in [1.82, 2.24) is 5.32 Å². The third-order valence-corrected chi connectivity index (χ3v) is 2.05. The highest BCUT2D eigenvalue weighted by atomic mass is 19.1. The maximum Gasteiger partial charge on any atom is 0.123 e. The van der Waals surface area contributed by atoms with Crippen molar-refractivity contribution in [2.75, 3.05) is 6.54 Å². The lowest BCUT2D eigenvalue weighted by molar-refractivity contribution is 0.606. The minimum atomic E-state index is -0.120. The molecule has 0 bridgehead atoms. The van der Waals surface area contributed by atoms with Crippen LogP contribution >= 0.6 is 0 Å². The maximum absolute atomic E-state index is 12.7. The number of halogens is 1. The standard InChI is InChI=1S/C9H10FN.C2H6/c10-9-2-1-8-6-11-4-3-7(8)5-9;1-2/h1-2,5,11H,3-4,6H2;1-2H3. The van der Waals surface area contributed by atoms with E-state index in [0.717, 1.165) is 25.1 Å². The number of fused-ring (bicyclic) bond motifs is 1. The molecule has 1 aromatic carbocycles. The molecule has 2 rings (SSSR count). The molecule has 0 unspecified atom stereocenters. The average molecular weight is 181 g/mol. The second-order valence-corrected chi connectivity index (χ2v) is 2.84. The molecule has 13 heavy (non-hydrogen) atoms. The van der Waals surface area contributed by atoms with Gasteiger partial charge < -0.3 is 5.32 Å². The fraction of sp³-hybridized carbons (Fsp3) is 0.455. The molecular weight excluding hydrogens is 165 g/mol. The van der Waals surface area contributed by atoms with Crippen LogP contribution in [0.4, 0.5) is 4.39 Å². The number of hydrogen-bond acceptors (Lipinski definition) is 1. The molecule has 1 aliphatic heterocycles. The fourth-order valence-electron chi connectivity index (χ4n) is 1.45. The van der Waals surface area contributed by atoms with Gasteiger partial charge in [0.1, 0.15) is 5.82 Å². The van der Waals surface area contributed by atoms with Gasteiger partial charge in [-0.2, -0.15) is 0 Å². The topological polar surface area (TPSA) is 12.0 Å². The van der Waals surface area contributed by atoms with Crippen LogP contribution in [-0.2, 0) is 13.0 Å². The van der Waals surface area contributed by atoms with E-state index in [9.17, 15) is 4.39 Å². The first-order chi connectivity index (χ1) is 6.36. The molecule has 0 saturated carbocycles. The van der Waals surface area contributed by atoms with Gasteiger partial charge in [-0.25, -0.2) is 4.39 Å². The van der Waals surface area contributed by atoms with Crippen LogP contribution in [0.3, 0.4) is 0 Å². The van der Waals surface area contributed by atoms with E-state index in [1.54, 1.807) is 6.07 Å². The van der Waals surface area contributed by atoms with Crippen LogP contribution in [-0.4, -0.2) is 6.54 Å². The summed E-state index contributed by atoms with van der Waals surface area (Å²) < 4.78 is 12.7. The molecule has 72 valence electrons. The van der Waals surface area contributed by atoms with E-state index in [-0.39, 0.29) is 5.82 Å². The highest BCUT2D eigenvalue weighted by Crippen LogP contribution is 2.14. The van der Waals surface area contributed by atoms with Crippen molar-refractivity contribution in [2.24, 2.45) is 0 Å². The van der Waals surface area contributed by atoms with Gasteiger partial charge in [-0.1, -0.05) is 19.9 Å². The monoisotopic (exact) mass is 181 g/mol.